The number of nitrogens with zero attached hydrogens (tertiary/aromatic N) is 1. The Morgan fingerprint density at radius 1 is 1.57 bits per heavy atom. The molecule has 0 amide bonds. The molecule has 4 heteroatoms. The van der Waals surface area contributed by atoms with E-state index < -0.39 is 0 Å². The minimum Gasteiger partial charge on any atom is -0.392 e. The summed E-state index contributed by atoms with van der Waals surface area (Å²) in [4.78, 5) is 4.27. The van der Waals surface area contributed by atoms with Crippen molar-refractivity contribution in [3.05, 3.63) is 16.6 Å². The second-order valence-corrected chi connectivity index (χ2v) is 4.45. The highest BCUT2D eigenvalue weighted by Gasteiger charge is 2.16. The molecule has 80 valence electrons. The Labute approximate surface area is 89.2 Å². The van der Waals surface area contributed by atoms with Gasteiger partial charge in [0.05, 0.1) is 12.1 Å². The molecule has 14 heavy (non-hydrogen) atoms. The number of aliphatic hydroxyl groups is 1. The molecule has 0 spiro atoms. The summed E-state index contributed by atoms with van der Waals surface area (Å²) in [5.41, 5.74) is 0. The summed E-state index contributed by atoms with van der Waals surface area (Å²) >= 11 is 1.65. The van der Waals surface area contributed by atoms with Crippen LogP contribution in [0.2, 0.25) is 0 Å². The third-order valence-corrected chi connectivity index (χ3v) is 3.23. The van der Waals surface area contributed by atoms with Gasteiger partial charge in [0.2, 0.25) is 0 Å². The number of aliphatic hydroxyl groups excluding tert-OH is 1. The van der Waals surface area contributed by atoms with Crippen LogP contribution in [0.3, 0.4) is 0 Å². The summed E-state index contributed by atoms with van der Waals surface area (Å²) in [7, 11) is 0. The van der Waals surface area contributed by atoms with Crippen LogP contribution in [0.5, 0.6) is 0 Å². The molecular weight excluding hydrogens is 196 g/mol. The van der Waals surface area contributed by atoms with E-state index in [1.807, 2.05) is 18.5 Å². The molecule has 1 heterocycles. The van der Waals surface area contributed by atoms with Crippen LogP contribution < -0.4 is 5.32 Å². The summed E-state index contributed by atoms with van der Waals surface area (Å²) in [5, 5.41) is 15.8. The Kier molecular flexibility index (Phi) is 4.51. The van der Waals surface area contributed by atoms with Crippen molar-refractivity contribution < 1.29 is 5.11 Å². The lowest BCUT2D eigenvalue weighted by Crippen LogP contribution is -2.37. The average Bonchev–Trinajstić information content (AvgIpc) is 2.66. The van der Waals surface area contributed by atoms with Gasteiger partial charge in [-0.2, -0.15) is 0 Å². The van der Waals surface area contributed by atoms with E-state index in [1.165, 1.54) is 0 Å². The van der Waals surface area contributed by atoms with E-state index >= 15 is 0 Å². The normalized spacial score (nSPS) is 17.7. The molecule has 0 aromatic carbocycles. The third kappa shape index (κ3) is 3.04. The molecule has 0 aliphatic carbocycles. The molecule has 0 radical (unpaired) electrons. The zero-order valence-corrected chi connectivity index (χ0v) is 9.71. The maximum Gasteiger partial charge on any atom is 0.109 e. The first-order valence-corrected chi connectivity index (χ1v) is 5.86. The van der Waals surface area contributed by atoms with Gasteiger partial charge in [-0.25, -0.2) is 4.98 Å². The summed E-state index contributed by atoms with van der Waals surface area (Å²) in [6.07, 6.45) is 2.48. The van der Waals surface area contributed by atoms with Crippen LogP contribution in [0.15, 0.2) is 11.6 Å². The van der Waals surface area contributed by atoms with E-state index in [-0.39, 0.29) is 18.2 Å². The maximum absolute atomic E-state index is 9.38. The van der Waals surface area contributed by atoms with E-state index in [2.05, 4.69) is 17.2 Å². The van der Waals surface area contributed by atoms with Crippen LogP contribution in [0.1, 0.15) is 38.2 Å². The molecule has 0 saturated heterocycles. The summed E-state index contributed by atoms with van der Waals surface area (Å²) in [6.45, 7) is 5.90. The van der Waals surface area contributed by atoms with Gasteiger partial charge in [-0.05, 0) is 20.3 Å². The molecule has 1 rings (SSSR count). The van der Waals surface area contributed by atoms with Gasteiger partial charge in [-0.15, -0.1) is 11.3 Å². The Hall–Kier alpha value is -0.450. The Morgan fingerprint density at radius 2 is 2.29 bits per heavy atom. The van der Waals surface area contributed by atoms with E-state index in [9.17, 15) is 5.11 Å². The van der Waals surface area contributed by atoms with E-state index in [0.717, 1.165) is 11.4 Å². The second-order valence-electron chi connectivity index (χ2n) is 3.53. The van der Waals surface area contributed by atoms with Crippen LogP contribution in [0.25, 0.3) is 0 Å². The fraction of sp³-hybridized carbons (Fsp3) is 0.700. The van der Waals surface area contributed by atoms with Crippen LogP contribution >= 0.6 is 11.3 Å². The van der Waals surface area contributed by atoms with Crippen molar-refractivity contribution in [2.45, 2.75) is 45.4 Å². The largest absolute Gasteiger partial charge is 0.392 e. The predicted molar refractivity (Wildman–Crippen MR) is 59.4 cm³/mol. The van der Waals surface area contributed by atoms with Crippen LogP contribution in [0.4, 0.5) is 0 Å². The zero-order chi connectivity index (χ0) is 10.6. The second kappa shape index (κ2) is 5.44. The lowest BCUT2D eigenvalue weighted by atomic mass is 10.1. The highest BCUT2D eigenvalue weighted by Crippen LogP contribution is 2.19. The number of rotatable bonds is 5. The van der Waals surface area contributed by atoms with Crippen molar-refractivity contribution in [1.29, 1.82) is 0 Å². The molecule has 1 aromatic rings. The predicted octanol–water partition coefficient (Wildman–Crippen LogP) is 1.95. The smallest absolute Gasteiger partial charge is 0.109 e. The first kappa shape index (κ1) is 11.6. The minimum atomic E-state index is -0.330. The first-order valence-electron chi connectivity index (χ1n) is 4.98. The van der Waals surface area contributed by atoms with Crippen LogP contribution in [-0.2, 0) is 0 Å². The monoisotopic (exact) mass is 214 g/mol. The zero-order valence-electron chi connectivity index (χ0n) is 8.90. The van der Waals surface area contributed by atoms with Crippen LogP contribution in [0, 0.1) is 0 Å². The number of hydrogen-bond donors (Lipinski definition) is 2. The number of hydrogen-bond acceptors (Lipinski definition) is 4. The Bertz CT molecular complexity index is 249. The standard InChI is InChI=1S/C10H18N2OS/c1-4-9(10-11-5-6-14-10)12-7(2)8(3)13/h5-9,12-13H,4H2,1-3H3. The average molecular weight is 214 g/mol. The van der Waals surface area contributed by atoms with E-state index in [0.29, 0.717) is 0 Å². The SMILES string of the molecule is CCC(NC(C)C(C)O)c1nccs1. The lowest BCUT2D eigenvalue weighted by Gasteiger charge is -2.22. The number of thiazole rings is 1. The minimum absolute atomic E-state index is 0.101. The first-order chi connectivity index (χ1) is 6.65. The quantitative estimate of drug-likeness (QED) is 0.787. The molecule has 0 saturated carbocycles. The van der Waals surface area contributed by atoms with Crippen molar-refractivity contribution >= 4 is 11.3 Å². The molecule has 0 aliphatic heterocycles. The summed E-state index contributed by atoms with van der Waals surface area (Å²) in [5.74, 6) is 0. The van der Waals surface area contributed by atoms with Gasteiger partial charge >= 0.3 is 0 Å². The topological polar surface area (TPSA) is 45.1 Å². The summed E-state index contributed by atoms with van der Waals surface area (Å²) in [6, 6.07) is 0.364. The molecule has 3 unspecified atom stereocenters. The van der Waals surface area contributed by atoms with Crippen LogP contribution in [-0.4, -0.2) is 22.2 Å². The highest BCUT2D eigenvalue weighted by atomic mass is 32.1. The summed E-state index contributed by atoms with van der Waals surface area (Å²) < 4.78 is 0. The van der Waals surface area contributed by atoms with Gasteiger partial charge in [0, 0.05) is 17.6 Å². The molecule has 3 atom stereocenters. The molecule has 0 bridgehead atoms. The molecule has 3 nitrogen and oxygen atoms in total. The van der Waals surface area contributed by atoms with Gasteiger partial charge < -0.3 is 10.4 Å². The molecule has 2 N–H and O–H groups in total. The van der Waals surface area contributed by atoms with Gasteiger partial charge in [0.25, 0.3) is 0 Å². The molecule has 0 aliphatic rings. The maximum atomic E-state index is 9.38. The third-order valence-electron chi connectivity index (χ3n) is 2.35. The Balaban J connectivity index is 2.56. The van der Waals surface area contributed by atoms with Gasteiger partial charge in [0.1, 0.15) is 5.01 Å². The number of aromatic nitrogens is 1. The Morgan fingerprint density at radius 3 is 2.71 bits per heavy atom. The fourth-order valence-corrected chi connectivity index (χ4v) is 2.01. The van der Waals surface area contributed by atoms with Gasteiger partial charge in [-0.3, -0.25) is 0 Å². The molecule has 1 aromatic heterocycles. The van der Waals surface area contributed by atoms with Gasteiger partial charge in [0.15, 0.2) is 0 Å². The van der Waals surface area contributed by atoms with E-state index in [1.54, 1.807) is 18.3 Å². The van der Waals surface area contributed by atoms with Crippen molar-refractivity contribution in [3.63, 3.8) is 0 Å². The number of nitrogens with one attached hydrogen (secondary N) is 1. The molecular formula is C10H18N2OS. The van der Waals surface area contributed by atoms with E-state index in [4.69, 9.17) is 0 Å². The van der Waals surface area contributed by atoms with Gasteiger partial charge in [-0.1, -0.05) is 6.92 Å². The fourth-order valence-electron chi connectivity index (χ4n) is 1.23. The highest BCUT2D eigenvalue weighted by molar-refractivity contribution is 7.09. The lowest BCUT2D eigenvalue weighted by molar-refractivity contribution is 0.145. The van der Waals surface area contributed by atoms with Crippen molar-refractivity contribution in [1.82, 2.24) is 10.3 Å². The van der Waals surface area contributed by atoms with Crippen molar-refractivity contribution in [3.8, 4) is 0 Å². The van der Waals surface area contributed by atoms with Crippen molar-refractivity contribution in [2.75, 3.05) is 0 Å². The van der Waals surface area contributed by atoms with Crippen molar-refractivity contribution in [2.24, 2.45) is 0 Å². The molecule has 0 fully saturated rings.